The van der Waals surface area contributed by atoms with E-state index in [1.54, 1.807) is 49.6 Å². The zero-order valence-corrected chi connectivity index (χ0v) is 17.3. The summed E-state index contributed by atoms with van der Waals surface area (Å²) in [6.45, 7) is 3.89. The van der Waals surface area contributed by atoms with Crippen molar-refractivity contribution in [3.8, 4) is 5.75 Å². The maximum Gasteiger partial charge on any atom is 0.264 e. The Balaban J connectivity index is 1.90. The molecule has 0 bridgehead atoms. The fourth-order valence-corrected chi connectivity index (χ4v) is 4.42. The first-order valence-electron chi connectivity index (χ1n) is 9.34. The Morgan fingerprint density at radius 1 is 1.11 bits per heavy atom. The third-order valence-electron chi connectivity index (χ3n) is 4.91. The van der Waals surface area contributed by atoms with Gasteiger partial charge < -0.3 is 10.1 Å². The van der Waals surface area contributed by atoms with Gasteiger partial charge in [-0.1, -0.05) is 6.07 Å². The number of ether oxygens (including phenoxy) is 1. The van der Waals surface area contributed by atoms with Gasteiger partial charge in [-0.05, 0) is 74.2 Å². The van der Waals surface area contributed by atoms with Crippen LogP contribution in [0.15, 0.2) is 47.4 Å². The van der Waals surface area contributed by atoms with E-state index < -0.39 is 10.0 Å². The lowest BCUT2D eigenvalue weighted by molar-refractivity contribution is -0.121. The van der Waals surface area contributed by atoms with Crippen molar-refractivity contribution in [2.24, 2.45) is 0 Å². The Labute approximate surface area is 166 Å². The molecule has 0 aromatic heterocycles. The molecule has 1 fully saturated rings. The third kappa shape index (κ3) is 4.65. The summed E-state index contributed by atoms with van der Waals surface area (Å²) >= 11 is 0. The fraction of sp³-hybridized carbons (Fsp3) is 0.381. The van der Waals surface area contributed by atoms with Crippen molar-refractivity contribution in [2.75, 3.05) is 18.0 Å². The number of amides is 1. The Morgan fingerprint density at radius 3 is 2.36 bits per heavy atom. The van der Waals surface area contributed by atoms with E-state index in [9.17, 15) is 13.2 Å². The highest BCUT2D eigenvalue weighted by Crippen LogP contribution is 2.27. The summed E-state index contributed by atoms with van der Waals surface area (Å²) in [4.78, 5) is 12.4. The second-order valence-corrected chi connectivity index (χ2v) is 8.98. The molecule has 0 radical (unpaired) electrons. The van der Waals surface area contributed by atoms with Crippen molar-refractivity contribution in [2.45, 2.75) is 44.0 Å². The van der Waals surface area contributed by atoms with Gasteiger partial charge in [0.1, 0.15) is 5.75 Å². The van der Waals surface area contributed by atoms with Gasteiger partial charge in [0.05, 0.1) is 17.7 Å². The van der Waals surface area contributed by atoms with E-state index in [1.165, 1.54) is 4.31 Å². The molecule has 3 rings (SSSR count). The van der Waals surface area contributed by atoms with E-state index in [2.05, 4.69) is 5.32 Å². The molecule has 0 unspecified atom stereocenters. The van der Waals surface area contributed by atoms with E-state index in [0.717, 1.165) is 24.0 Å². The first-order chi connectivity index (χ1) is 13.3. The van der Waals surface area contributed by atoms with E-state index in [-0.39, 0.29) is 29.8 Å². The molecular weight excluding hydrogens is 376 g/mol. The monoisotopic (exact) mass is 402 g/mol. The predicted octanol–water partition coefficient (Wildman–Crippen LogP) is 3.18. The van der Waals surface area contributed by atoms with E-state index in [4.69, 9.17) is 4.74 Å². The molecule has 150 valence electrons. The molecule has 0 spiro atoms. The van der Waals surface area contributed by atoms with Crippen LogP contribution < -0.4 is 14.4 Å². The van der Waals surface area contributed by atoms with Crippen LogP contribution in [0.25, 0.3) is 0 Å². The van der Waals surface area contributed by atoms with Crippen molar-refractivity contribution < 1.29 is 17.9 Å². The molecule has 1 N–H and O–H groups in total. The molecule has 0 atom stereocenters. The highest BCUT2D eigenvalue weighted by Gasteiger charge is 2.28. The lowest BCUT2D eigenvalue weighted by atomic mass is 10.1. The highest BCUT2D eigenvalue weighted by atomic mass is 32.2. The molecule has 7 heteroatoms. The van der Waals surface area contributed by atoms with Crippen molar-refractivity contribution in [3.63, 3.8) is 0 Å². The molecule has 0 aliphatic heterocycles. The lowest BCUT2D eigenvalue weighted by Crippen LogP contribution is -2.36. The largest absolute Gasteiger partial charge is 0.497 e. The molecule has 6 nitrogen and oxygen atoms in total. The average molecular weight is 403 g/mol. The van der Waals surface area contributed by atoms with E-state index >= 15 is 0 Å². The maximum atomic E-state index is 13.4. The molecule has 1 amide bonds. The van der Waals surface area contributed by atoms with Crippen LogP contribution in [0, 0.1) is 13.8 Å². The molecule has 2 aromatic rings. The van der Waals surface area contributed by atoms with Gasteiger partial charge in [0.25, 0.3) is 10.0 Å². The SMILES string of the molecule is COc1ccc(N(CCC(=O)NC2CC2)S(=O)(=O)c2ccc(C)c(C)c2)cc1. The van der Waals surface area contributed by atoms with Gasteiger partial charge in [-0.3, -0.25) is 9.10 Å². The molecule has 28 heavy (non-hydrogen) atoms. The molecular formula is C21H26N2O4S. The van der Waals surface area contributed by atoms with Crippen molar-refractivity contribution in [3.05, 3.63) is 53.6 Å². The quantitative estimate of drug-likeness (QED) is 0.736. The summed E-state index contributed by atoms with van der Waals surface area (Å²) in [6.07, 6.45) is 2.09. The van der Waals surface area contributed by atoms with Crippen molar-refractivity contribution in [1.82, 2.24) is 5.32 Å². The van der Waals surface area contributed by atoms with Gasteiger partial charge in [0, 0.05) is 19.0 Å². The normalized spacial score (nSPS) is 13.8. The van der Waals surface area contributed by atoms with Crippen LogP contribution in [0.4, 0.5) is 5.69 Å². The molecule has 1 aliphatic carbocycles. The lowest BCUT2D eigenvalue weighted by Gasteiger charge is -2.25. The number of hydrogen-bond acceptors (Lipinski definition) is 4. The minimum Gasteiger partial charge on any atom is -0.497 e. The van der Waals surface area contributed by atoms with Gasteiger partial charge >= 0.3 is 0 Å². The number of hydrogen-bond donors (Lipinski definition) is 1. The number of carbonyl (C=O) groups is 1. The number of methoxy groups -OCH3 is 1. The van der Waals surface area contributed by atoms with Gasteiger partial charge in [0.2, 0.25) is 5.91 Å². The minimum absolute atomic E-state index is 0.0696. The van der Waals surface area contributed by atoms with Crippen LogP contribution in [-0.4, -0.2) is 34.0 Å². The Bertz CT molecular complexity index is 951. The fourth-order valence-electron chi connectivity index (χ4n) is 2.87. The van der Waals surface area contributed by atoms with Gasteiger partial charge in [-0.25, -0.2) is 8.42 Å². The number of aryl methyl sites for hydroxylation is 2. The molecule has 0 heterocycles. The first kappa shape index (κ1) is 20.2. The second kappa shape index (κ2) is 8.22. The number of anilines is 1. The summed E-state index contributed by atoms with van der Waals surface area (Å²) in [5, 5.41) is 2.91. The highest BCUT2D eigenvalue weighted by molar-refractivity contribution is 7.92. The number of nitrogens with one attached hydrogen (secondary N) is 1. The third-order valence-corrected chi connectivity index (χ3v) is 6.73. The van der Waals surface area contributed by atoms with E-state index in [0.29, 0.717) is 11.4 Å². The number of sulfonamides is 1. The van der Waals surface area contributed by atoms with Crippen LogP contribution in [0.3, 0.4) is 0 Å². The summed E-state index contributed by atoms with van der Waals surface area (Å²) in [5.74, 6) is 0.509. The Kier molecular flexibility index (Phi) is 5.93. The van der Waals surface area contributed by atoms with Crippen molar-refractivity contribution >= 4 is 21.6 Å². The van der Waals surface area contributed by atoms with Crippen LogP contribution in [0.2, 0.25) is 0 Å². The summed E-state index contributed by atoms with van der Waals surface area (Å²) < 4.78 is 33.2. The molecule has 2 aromatic carbocycles. The summed E-state index contributed by atoms with van der Waals surface area (Å²) in [6, 6.07) is 12.1. The van der Waals surface area contributed by atoms with Gasteiger partial charge in [-0.15, -0.1) is 0 Å². The Hall–Kier alpha value is -2.54. The maximum absolute atomic E-state index is 13.4. The van der Waals surface area contributed by atoms with Crippen LogP contribution in [0.1, 0.15) is 30.4 Å². The zero-order valence-electron chi connectivity index (χ0n) is 16.4. The smallest absolute Gasteiger partial charge is 0.264 e. The van der Waals surface area contributed by atoms with Crippen molar-refractivity contribution in [1.29, 1.82) is 0 Å². The Morgan fingerprint density at radius 2 is 1.79 bits per heavy atom. The van der Waals surface area contributed by atoms with Crippen LogP contribution in [0.5, 0.6) is 5.75 Å². The number of nitrogens with zero attached hydrogens (tertiary/aromatic N) is 1. The number of rotatable bonds is 8. The second-order valence-electron chi connectivity index (χ2n) is 7.11. The van der Waals surface area contributed by atoms with Crippen LogP contribution >= 0.6 is 0 Å². The summed E-state index contributed by atoms with van der Waals surface area (Å²) in [7, 11) is -2.25. The molecule has 1 saturated carbocycles. The average Bonchev–Trinajstić information content (AvgIpc) is 3.48. The number of carbonyl (C=O) groups excluding carboxylic acids is 1. The van der Waals surface area contributed by atoms with Crippen LogP contribution in [-0.2, 0) is 14.8 Å². The summed E-state index contributed by atoms with van der Waals surface area (Å²) in [5.41, 5.74) is 2.43. The van der Waals surface area contributed by atoms with Gasteiger partial charge in [0.15, 0.2) is 0 Å². The molecule has 0 saturated heterocycles. The first-order valence-corrected chi connectivity index (χ1v) is 10.8. The number of benzene rings is 2. The predicted molar refractivity (Wildman–Crippen MR) is 109 cm³/mol. The zero-order chi connectivity index (χ0) is 20.3. The standard InChI is InChI=1S/C21H26N2O4S/c1-15-4-11-20(14-16(15)2)28(25,26)23(13-12-21(24)22-17-5-6-17)18-7-9-19(27-3)10-8-18/h4,7-11,14,17H,5-6,12-13H2,1-3H3,(H,22,24). The molecule has 1 aliphatic rings. The topological polar surface area (TPSA) is 75.7 Å². The van der Waals surface area contributed by atoms with E-state index in [1.807, 2.05) is 13.8 Å². The van der Waals surface area contributed by atoms with Gasteiger partial charge in [-0.2, -0.15) is 0 Å². The minimum atomic E-state index is -3.81.